The molecule has 0 heterocycles. The summed E-state index contributed by atoms with van der Waals surface area (Å²) in [7, 11) is -1.27. The maximum absolute atomic E-state index is 10.5. The highest BCUT2D eigenvalue weighted by Crippen LogP contribution is 2.39. The quantitative estimate of drug-likeness (QED) is 0.610. The SMILES string of the molecule is COc1cc(Sc2ccc(N=NS(=O)(=O)O)cc2)c(OC)cc1C. The van der Waals surface area contributed by atoms with Crippen molar-refractivity contribution in [3.8, 4) is 11.5 Å². The van der Waals surface area contributed by atoms with Gasteiger partial charge >= 0.3 is 10.3 Å². The normalized spacial score (nSPS) is 11.7. The predicted octanol–water partition coefficient (Wildman–Crippen LogP) is 4.05. The van der Waals surface area contributed by atoms with Gasteiger partial charge in [-0.15, -0.1) is 5.11 Å². The van der Waals surface area contributed by atoms with Crippen LogP contribution >= 0.6 is 11.8 Å². The molecule has 2 aromatic rings. The van der Waals surface area contributed by atoms with Crippen molar-refractivity contribution in [3.63, 3.8) is 0 Å². The minimum atomic E-state index is -4.48. The van der Waals surface area contributed by atoms with Crippen LogP contribution in [0.15, 0.2) is 55.8 Å². The van der Waals surface area contributed by atoms with Crippen LogP contribution in [0.5, 0.6) is 11.5 Å². The maximum Gasteiger partial charge on any atom is 0.396 e. The lowest BCUT2D eigenvalue weighted by Crippen LogP contribution is -1.92. The molecule has 0 bridgehead atoms. The first-order valence-electron chi connectivity index (χ1n) is 6.73. The van der Waals surface area contributed by atoms with Crippen LogP contribution in [-0.2, 0) is 10.3 Å². The van der Waals surface area contributed by atoms with Gasteiger partial charge in [0.25, 0.3) is 0 Å². The number of benzene rings is 2. The molecule has 0 radical (unpaired) electrons. The van der Waals surface area contributed by atoms with Gasteiger partial charge in [-0.1, -0.05) is 11.8 Å². The molecule has 0 spiro atoms. The van der Waals surface area contributed by atoms with Gasteiger partial charge in [0.05, 0.1) is 24.8 Å². The van der Waals surface area contributed by atoms with Crippen LogP contribution in [0.4, 0.5) is 5.69 Å². The van der Waals surface area contributed by atoms with E-state index in [2.05, 4.69) is 9.63 Å². The van der Waals surface area contributed by atoms with Crippen LogP contribution in [-0.4, -0.2) is 27.2 Å². The molecule has 9 heteroatoms. The molecule has 2 aromatic carbocycles. The van der Waals surface area contributed by atoms with Gasteiger partial charge in [0.1, 0.15) is 11.5 Å². The van der Waals surface area contributed by atoms with E-state index in [0.29, 0.717) is 5.69 Å². The largest absolute Gasteiger partial charge is 0.496 e. The van der Waals surface area contributed by atoms with E-state index in [-0.39, 0.29) is 0 Å². The van der Waals surface area contributed by atoms with Crippen molar-refractivity contribution in [2.45, 2.75) is 16.7 Å². The molecule has 0 saturated heterocycles. The fraction of sp³-hybridized carbons (Fsp3) is 0.200. The van der Waals surface area contributed by atoms with Crippen LogP contribution < -0.4 is 9.47 Å². The van der Waals surface area contributed by atoms with Gasteiger partial charge < -0.3 is 9.47 Å². The summed E-state index contributed by atoms with van der Waals surface area (Å²) in [6.45, 7) is 1.94. The minimum absolute atomic E-state index is 0.311. The van der Waals surface area contributed by atoms with Crippen LogP contribution in [0.2, 0.25) is 0 Å². The van der Waals surface area contributed by atoms with Gasteiger partial charge in [-0.2, -0.15) is 8.42 Å². The summed E-state index contributed by atoms with van der Waals surface area (Å²) < 4.78 is 43.1. The summed E-state index contributed by atoms with van der Waals surface area (Å²) in [5, 5.41) is 3.43. The van der Waals surface area contributed by atoms with Crippen LogP contribution in [0.3, 0.4) is 0 Å². The third kappa shape index (κ3) is 4.95. The molecule has 0 aliphatic carbocycles. The van der Waals surface area contributed by atoms with Gasteiger partial charge in [0.2, 0.25) is 0 Å². The summed E-state index contributed by atoms with van der Waals surface area (Å²) in [4.78, 5) is 1.78. The molecule has 0 aromatic heterocycles. The smallest absolute Gasteiger partial charge is 0.396 e. The number of hydrogen-bond donors (Lipinski definition) is 1. The standard InChI is InChI=1S/C15H16N2O5S2/c1-10-8-14(22-3)15(9-13(10)21-2)23-12-6-4-11(5-7-12)16-17-24(18,19)20/h4-9H,1-3H3,(H,18,19,20). The molecule has 24 heavy (non-hydrogen) atoms. The summed E-state index contributed by atoms with van der Waals surface area (Å²) >= 11 is 1.46. The summed E-state index contributed by atoms with van der Waals surface area (Å²) in [5.41, 5.74) is 1.28. The molecular weight excluding hydrogens is 352 g/mol. The Labute approximate surface area is 144 Å². The number of nitrogens with zero attached hydrogens (tertiary/aromatic N) is 2. The first-order chi connectivity index (χ1) is 11.3. The molecule has 0 amide bonds. The molecule has 7 nitrogen and oxygen atoms in total. The summed E-state index contributed by atoms with van der Waals surface area (Å²) in [6, 6.07) is 10.5. The van der Waals surface area contributed by atoms with E-state index >= 15 is 0 Å². The molecule has 1 N–H and O–H groups in total. The van der Waals surface area contributed by atoms with E-state index in [0.717, 1.165) is 26.9 Å². The van der Waals surface area contributed by atoms with Crippen molar-refractivity contribution in [1.82, 2.24) is 0 Å². The van der Waals surface area contributed by atoms with E-state index in [9.17, 15) is 8.42 Å². The lowest BCUT2D eigenvalue weighted by Gasteiger charge is -2.12. The Morgan fingerprint density at radius 2 is 1.67 bits per heavy atom. The Bertz CT molecular complexity index is 849. The molecule has 0 unspecified atom stereocenters. The highest BCUT2D eigenvalue weighted by molar-refractivity contribution is 7.99. The molecule has 0 fully saturated rings. The van der Waals surface area contributed by atoms with Gasteiger partial charge in [0.15, 0.2) is 0 Å². The number of methoxy groups -OCH3 is 2. The Hall–Kier alpha value is -2.10. The zero-order valence-corrected chi connectivity index (χ0v) is 14.9. The zero-order chi connectivity index (χ0) is 17.7. The fourth-order valence-corrected chi connectivity index (χ4v) is 3.04. The topological polar surface area (TPSA) is 97.6 Å². The van der Waals surface area contributed by atoms with E-state index < -0.39 is 10.3 Å². The van der Waals surface area contributed by atoms with E-state index in [1.54, 1.807) is 38.5 Å². The Kier molecular flexibility index (Phi) is 5.81. The van der Waals surface area contributed by atoms with E-state index in [1.165, 1.54) is 11.8 Å². The highest BCUT2D eigenvalue weighted by atomic mass is 32.2. The third-order valence-electron chi connectivity index (χ3n) is 3.01. The molecule has 0 aliphatic rings. The van der Waals surface area contributed by atoms with E-state index in [4.69, 9.17) is 14.0 Å². The molecule has 0 aliphatic heterocycles. The van der Waals surface area contributed by atoms with E-state index in [1.807, 2.05) is 19.1 Å². The second-order valence-electron chi connectivity index (χ2n) is 4.70. The first-order valence-corrected chi connectivity index (χ1v) is 8.94. The van der Waals surface area contributed by atoms with Gasteiger partial charge in [-0.25, -0.2) is 0 Å². The zero-order valence-electron chi connectivity index (χ0n) is 13.3. The van der Waals surface area contributed by atoms with Gasteiger partial charge in [-0.3, -0.25) is 4.55 Å². The van der Waals surface area contributed by atoms with Gasteiger partial charge in [-0.05, 0) is 53.4 Å². The Balaban J connectivity index is 2.24. The number of hydrogen-bond acceptors (Lipinski definition) is 6. The predicted molar refractivity (Wildman–Crippen MR) is 90.9 cm³/mol. The molecule has 0 saturated carbocycles. The number of aryl methyl sites for hydroxylation is 1. The average Bonchev–Trinajstić information content (AvgIpc) is 2.54. The molecule has 128 valence electrons. The van der Waals surface area contributed by atoms with Crippen molar-refractivity contribution in [3.05, 3.63) is 42.0 Å². The third-order valence-corrected chi connectivity index (χ3v) is 4.34. The Morgan fingerprint density at radius 1 is 1.04 bits per heavy atom. The number of rotatable bonds is 6. The maximum atomic E-state index is 10.5. The second-order valence-corrected chi connectivity index (χ2v) is 6.87. The second kappa shape index (κ2) is 7.65. The minimum Gasteiger partial charge on any atom is -0.496 e. The molecule has 0 atom stereocenters. The van der Waals surface area contributed by atoms with Crippen molar-refractivity contribution < 1.29 is 22.4 Å². The van der Waals surface area contributed by atoms with Crippen LogP contribution in [0, 0.1) is 6.92 Å². The highest BCUT2D eigenvalue weighted by Gasteiger charge is 2.10. The first kappa shape index (κ1) is 18.2. The molecule has 2 rings (SSSR count). The Morgan fingerprint density at radius 3 is 2.21 bits per heavy atom. The summed E-state index contributed by atoms with van der Waals surface area (Å²) in [5.74, 6) is 1.49. The lowest BCUT2D eigenvalue weighted by molar-refractivity contribution is 0.392. The molecular formula is C15H16N2O5S2. The van der Waals surface area contributed by atoms with Crippen LogP contribution in [0.1, 0.15) is 5.56 Å². The van der Waals surface area contributed by atoms with Crippen molar-refractivity contribution in [2.24, 2.45) is 9.63 Å². The van der Waals surface area contributed by atoms with Crippen LogP contribution in [0.25, 0.3) is 0 Å². The lowest BCUT2D eigenvalue weighted by atomic mass is 10.2. The van der Waals surface area contributed by atoms with Crippen molar-refractivity contribution >= 4 is 27.8 Å². The average molecular weight is 368 g/mol. The fourth-order valence-electron chi connectivity index (χ4n) is 1.91. The van der Waals surface area contributed by atoms with Gasteiger partial charge in [0, 0.05) is 4.90 Å². The van der Waals surface area contributed by atoms with Crippen molar-refractivity contribution in [2.75, 3.05) is 14.2 Å². The summed E-state index contributed by atoms with van der Waals surface area (Å²) in [6.07, 6.45) is 0. The monoisotopic (exact) mass is 368 g/mol. The van der Waals surface area contributed by atoms with Crippen molar-refractivity contribution in [1.29, 1.82) is 0 Å². The number of ether oxygens (including phenoxy) is 2.